The number of benzene rings is 1. The Hall–Kier alpha value is -3.02. The molecule has 0 bridgehead atoms. The highest BCUT2D eigenvalue weighted by Gasteiger charge is 2.07. The fourth-order valence-electron chi connectivity index (χ4n) is 1.94. The molecule has 6 heteroatoms. The molecule has 0 unspecified atom stereocenters. The van der Waals surface area contributed by atoms with Gasteiger partial charge >= 0.3 is 0 Å². The third-order valence-corrected chi connectivity index (χ3v) is 2.97. The summed E-state index contributed by atoms with van der Waals surface area (Å²) in [6.45, 7) is 0.619. The Labute approximate surface area is 121 Å². The molecular formula is C15H15N5O. The lowest BCUT2D eigenvalue weighted by Gasteiger charge is -2.08. The van der Waals surface area contributed by atoms with Crippen molar-refractivity contribution in [2.24, 2.45) is 0 Å². The van der Waals surface area contributed by atoms with Gasteiger partial charge in [-0.15, -0.1) is 0 Å². The number of anilines is 3. The molecule has 0 spiro atoms. The topological polar surface area (TPSA) is 103 Å². The first kappa shape index (κ1) is 13.0. The summed E-state index contributed by atoms with van der Waals surface area (Å²) >= 11 is 0. The molecule has 0 fully saturated rings. The second-order valence-electron chi connectivity index (χ2n) is 4.57. The van der Waals surface area contributed by atoms with Crippen molar-refractivity contribution in [3.05, 3.63) is 54.3 Å². The summed E-state index contributed by atoms with van der Waals surface area (Å²) in [6.07, 6.45) is 1.59. The lowest BCUT2D eigenvalue weighted by atomic mass is 10.2. The van der Waals surface area contributed by atoms with Gasteiger partial charge in [0.15, 0.2) is 5.76 Å². The summed E-state index contributed by atoms with van der Waals surface area (Å²) in [7, 11) is 0. The van der Waals surface area contributed by atoms with Crippen LogP contribution in [0.25, 0.3) is 11.5 Å². The summed E-state index contributed by atoms with van der Waals surface area (Å²) < 4.78 is 5.32. The van der Waals surface area contributed by atoms with Crippen molar-refractivity contribution in [3.8, 4) is 11.5 Å². The molecule has 0 saturated heterocycles. The van der Waals surface area contributed by atoms with Crippen LogP contribution in [-0.2, 0) is 6.54 Å². The summed E-state index contributed by atoms with van der Waals surface area (Å²) in [5.74, 6) is 1.49. The number of nitrogens with two attached hydrogens (primary N) is 2. The van der Waals surface area contributed by atoms with Crippen LogP contribution < -0.4 is 16.8 Å². The minimum atomic E-state index is 0.198. The maximum atomic E-state index is 5.73. The number of furan rings is 1. The maximum Gasteiger partial charge on any atom is 0.222 e. The summed E-state index contributed by atoms with van der Waals surface area (Å²) in [6, 6.07) is 13.1. The second kappa shape index (κ2) is 5.54. The molecule has 6 nitrogen and oxygen atoms in total. The minimum absolute atomic E-state index is 0.198. The van der Waals surface area contributed by atoms with Gasteiger partial charge in [-0.3, -0.25) is 0 Å². The molecule has 0 radical (unpaired) electrons. The van der Waals surface area contributed by atoms with Gasteiger partial charge in [-0.2, -0.15) is 4.98 Å². The fourth-order valence-corrected chi connectivity index (χ4v) is 1.94. The maximum absolute atomic E-state index is 5.73. The Morgan fingerprint density at radius 3 is 2.57 bits per heavy atom. The molecule has 5 N–H and O–H groups in total. The van der Waals surface area contributed by atoms with Crippen molar-refractivity contribution in [2.75, 3.05) is 16.8 Å². The van der Waals surface area contributed by atoms with E-state index in [0.29, 0.717) is 23.8 Å². The molecule has 21 heavy (non-hydrogen) atoms. The molecule has 0 aliphatic carbocycles. The minimum Gasteiger partial charge on any atom is -0.463 e. The molecule has 0 amide bonds. The molecule has 3 aromatic rings. The van der Waals surface area contributed by atoms with Crippen LogP contribution in [-0.4, -0.2) is 9.97 Å². The Kier molecular flexibility index (Phi) is 3.42. The Morgan fingerprint density at radius 2 is 1.86 bits per heavy atom. The van der Waals surface area contributed by atoms with Crippen molar-refractivity contribution < 1.29 is 4.42 Å². The van der Waals surface area contributed by atoms with Crippen LogP contribution in [0.4, 0.5) is 17.5 Å². The quantitative estimate of drug-likeness (QED) is 0.635. The van der Waals surface area contributed by atoms with E-state index < -0.39 is 0 Å². The van der Waals surface area contributed by atoms with Crippen molar-refractivity contribution in [3.63, 3.8) is 0 Å². The largest absolute Gasteiger partial charge is 0.463 e. The van der Waals surface area contributed by atoms with Gasteiger partial charge in [-0.05, 0) is 29.8 Å². The Bertz CT molecular complexity index is 722. The molecule has 106 valence electrons. The number of aromatic nitrogens is 2. The van der Waals surface area contributed by atoms with E-state index in [1.54, 1.807) is 18.4 Å². The number of hydrogen-bond acceptors (Lipinski definition) is 6. The van der Waals surface area contributed by atoms with Crippen molar-refractivity contribution in [1.82, 2.24) is 9.97 Å². The van der Waals surface area contributed by atoms with Gasteiger partial charge in [0.1, 0.15) is 11.5 Å². The van der Waals surface area contributed by atoms with Gasteiger partial charge in [0.2, 0.25) is 5.95 Å². The first-order valence-corrected chi connectivity index (χ1v) is 6.47. The van der Waals surface area contributed by atoms with Crippen LogP contribution in [0, 0.1) is 0 Å². The highest BCUT2D eigenvalue weighted by molar-refractivity contribution is 5.59. The van der Waals surface area contributed by atoms with E-state index in [9.17, 15) is 0 Å². The van der Waals surface area contributed by atoms with Crippen LogP contribution >= 0.6 is 0 Å². The molecule has 0 saturated carbocycles. The second-order valence-corrected chi connectivity index (χ2v) is 4.57. The number of rotatable bonds is 4. The van der Waals surface area contributed by atoms with Crippen LogP contribution in [0.15, 0.2) is 53.1 Å². The molecule has 0 aliphatic heterocycles. The molecule has 0 atom stereocenters. The number of nitrogens with zero attached hydrogens (tertiary/aromatic N) is 2. The van der Waals surface area contributed by atoms with E-state index in [0.717, 1.165) is 11.3 Å². The molecule has 1 aromatic carbocycles. The first-order valence-electron chi connectivity index (χ1n) is 6.47. The molecule has 0 aliphatic rings. The zero-order chi connectivity index (χ0) is 14.7. The summed E-state index contributed by atoms with van der Waals surface area (Å²) in [4.78, 5) is 8.32. The smallest absolute Gasteiger partial charge is 0.222 e. The van der Waals surface area contributed by atoms with E-state index in [1.165, 1.54) is 0 Å². The number of nitrogens with one attached hydrogen (secondary N) is 1. The normalized spacial score (nSPS) is 10.5. The zero-order valence-electron chi connectivity index (χ0n) is 11.3. The molecule has 3 rings (SSSR count). The molecular weight excluding hydrogens is 266 g/mol. The van der Waals surface area contributed by atoms with E-state index >= 15 is 0 Å². The highest BCUT2D eigenvalue weighted by atomic mass is 16.3. The third-order valence-electron chi connectivity index (χ3n) is 2.97. The fraction of sp³-hybridized carbons (Fsp3) is 0.0667. The van der Waals surface area contributed by atoms with Gasteiger partial charge in [-0.1, -0.05) is 12.1 Å². The van der Waals surface area contributed by atoms with Crippen molar-refractivity contribution >= 4 is 17.5 Å². The monoisotopic (exact) mass is 281 g/mol. The average molecular weight is 281 g/mol. The lowest BCUT2D eigenvalue weighted by molar-refractivity contribution is 0.580. The van der Waals surface area contributed by atoms with Crippen molar-refractivity contribution in [2.45, 2.75) is 6.54 Å². The van der Waals surface area contributed by atoms with Crippen LogP contribution in [0.3, 0.4) is 0 Å². The standard InChI is InChI=1S/C15H15N5O/c16-11-5-3-10(4-6-11)9-18-14-8-12(19-15(17)20-14)13-2-1-7-21-13/h1-8H,9,16H2,(H3,17,18,19,20). The van der Waals surface area contributed by atoms with Crippen molar-refractivity contribution in [1.29, 1.82) is 0 Å². The van der Waals surface area contributed by atoms with E-state index in [1.807, 2.05) is 30.3 Å². The third kappa shape index (κ3) is 3.11. The summed E-state index contributed by atoms with van der Waals surface area (Å²) in [5, 5.41) is 3.21. The van der Waals surface area contributed by atoms with E-state index in [4.69, 9.17) is 15.9 Å². The van der Waals surface area contributed by atoms with E-state index in [-0.39, 0.29) is 5.95 Å². The van der Waals surface area contributed by atoms with Crippen LogP contribution in [0.1, 0.15) is 5.56 Å². The highest BCUT2D eigenvalue weighted by Crippen LogP contribution is 2.21. The number of hydrogen-bond donors (Lipinski definition) is 3. The van der Waals surface area contributed by atoms with Crippen LogP contribution in [0.2, 0.25) is 0 Å². The molecule has 2 heterocycles. The lowest BCUT2D eigenvalue weighted by Crippen LogP contribution is -2.05. The Balaban J connectivity index is 1.78. The predicted octanol–water partition coefficient (Wildman–Crippen LogP) is 2.51. The van der Waals surface area contributed by atoms with Gasteiger partial charge in [0.05, 0.1) is 6.26 Å². The molecule has 2 aromatic heterocycles. The Morgan fingerprint density at radius 1 is 1.05 bits per heavy atom. The SMILES string of the molecule is Nc1ccc(CNc2cc(-c3ccco3)nc(N)n2)cc1. The predicted molar refractivity (Wildman–Crippen MR) is 82.3 cm³/mol. The van der Waals surface area contributed by atoms with E-state index in [2.05, 4.69) is 15.3 Å². The zero-order valence-corrected chi connectivity index (χ0v) is 11.3. The van der Waals surface area contributed by atoms with Gasteiger partial charge in [-0.25, -0.2) is 4.98 Å². The average Bonchev–Trinajstić information content (AvgIpc) is 3.00. The van der Waals surface area contributed by atoms with Gasteiger partial charge < -0.3 is 21.2 Å². The van der Waals surface area contributed by atoms with Gasteiger partial charge in [0.25, 0.3) is 0 Å². The summed E-state index contributed by atoms with van der Waals surface area (Å²) in [5.41, 5.74) is 13.9. The van der Waals surface area contributed by atoms with Gasteiger partial charge in [0, 0.05) is 18.3 Å². The van der Waals surface area contributed by atoms with Crippen LogP contribution in [0.5, 0.6) is 0 Å². The number of nitrogen functional groups attached to an aromatic ring is 2. The first-order chi connectivity index (χ1) is 10.2.